The summed E-state index contributed by atoms with van der Waals surface area (Å²) in [5.41, 5.74) is 1.86. The Morgan fingerprint density at radius 1 is 0.725 bits per heavy atom. The van der Waals surface area contributed by atoms with Gasteiger partial charge in [-0.3, -0.25) is 9.59 Å². The third-order valence-corrected chi connectivity index (χ3v) is 6.21. The van der Waals surface area contributed by atoms with Gasteiger partial charge in [-0.1, -0.05) is 118 Å². The molecule has 0 aromatic heterocycles. The van der Waals surface area contributed by atoms with E-state index in [1.54, 1.807) is 54.6 Å². The van der Waals surface area contributed by atoms with Crippen LogP contribution >= 0.6 is 0 Å². The fourth-order valence-corrected chi connectivity index (χ4v) is 3.92. The van der Waals surface area contributed by atoms with E-state index in [1.165, 1.54) is 27.1 Å². The molecule has 40 heavy (non-hydrogen) atoms. The lowest BCUT2D eigenvalue weighted by molar-refractivity contribution is -0.148. The van der Waals surface area contributed by atoms with Crippen molar-refractivity contribution in [2.45, 2.75) is 58.2 Å². The van der Waals surface area contributed by atoms with Crippen molar-refractivity contribution >= 4 is 23.6 Å². The maximum absolute atomic E-state index is 12.2. The maximum Gasteiger partial charge on any atom is 0.373 e. The first-order valence-corrected chi connectivity index (χ1v) is 13.7. The van der Waals surface area contributed by atoms with Crippen LogP contribution in [0.1, 0.15) is 72.2 Å². The standard InChI is InChI=1S/C18H26O3.C16H14O3/c1-4-6-8-13-16(5-2)21-18(19)17(20-3)14-15-11-9-7-10-12-15;1-19-16(14(17)12-8-4-2-5-9-12)15(18)13-10-6-3-7-11-13/h7,9-12,14,16H,4-6,8,13H2,1-3H3;2-11,16H,1H3. The van der Waals surface area contributed by atoms with Gasteiger partial charge >= 0.3 is 5.97 Å². The zero-order valence-electron chi connectivity index (χ0n) is 23.9. The molecule has 1 unspecified atom stereocenters. The van der Waals surface area contributed by atoms with Gasteiger partial charge in [0, 0.05) is 18.2 Å². The van der Waals surface area contributed by atoms with Crippen molar-refractivity contribution in [2.75, 3.05) is 14.2 Å². The Morgan fingerprint density at radius 3 is 1.65 bits per heavy atom. The molecular weight excluding hydrogens is 504 g/mol. The predicted molar refractivity (Wildman–Crippen MR) is 158 cm³/mol. The normalized spacial score (nSPS) is 11.7. The van der Waals surface area contributed by atoms with E-state index in [0.29, 0.717) is 11.1 Å². The Kier molecular flexibility index (Phi) is 14.7. The molecule has 3 aromatic rings. The molecule has 0 saturated heterocycles. The Labute approximate surface area is 238 Å². The molecule has 0 aliphatic carbocycles. The van der Waals surface area contributed by atoms with Crippen LogP contribution < -0.4 is 0 Å². The first-order chi connectivity index (χ1) is 19.4. The van der Waals surface area contributed by atoms with E-state index in [-0.39, 0.29) is 29.4 Å². The molecule has 0 saturated carbocycles. The number of rotatable bonds is 14. The fourth-order valence-electron chi connectivity index (χ4n) is 3.92. The topological polar surface area (TPSA) is 78.9 Å². The Hall–Kier alpha value is -4.03. The lowest BCUT2D eigenvalue weighted by atomic mass is 9.98. The Morgan fingerprint density at radius 2 is 1.23 bits per heavy atom. The molecule has 3 rings (SSSR count). The third kappa shape index (κ3) is 10.6. The van der Waals surface area contributed by atoms with Gasteiger partial charge in [0.2, 0.25) is 5.76 Å². The van der Waals surface area contributed by atoms with Crippen LogP contribution in [0.25, 0.3) is 6.08 Å². The molecule has 0 aliphatic heterocycles. The second kappa shape index (κ2) is 18.3. The van der Waals surface area contributed by atoms with Gasteiger partial charge in [0.25, 0.3) is 0 Å². The van der Waals surface area contributed by atoms with Crippen LogP contribution in [0, 0.1) is 0 Å². The van der Waals surface area contributed by atoms with Crippen molar-refractivity contribution in [3.8, 4) is 0 Å². The van der Waals surface area contributed by atoms with Gasteiger partial charge in [0.1, 0.15) is 6.10 Å². The zero-order chi connectivity index (χ0) is 29.2. The number of carbonyl (C=O) groups is 3. The van der Waals surface area contributed by atoms with Crippen molar-refractivity contribution in [3.05, 3.63) is 113 Å². The van der Waals surface area contributed by atoms with E-state index >= 15 is 0 Å². The molecule has 0 amide bonds. The summed E-state index contributed by atoms with van der Waals surface area (Å²) in [6.07, 6.45) is 5.76. The monoisotopic (exact) mass is 544 g/mol. The highest BCUT2D eigenvalue weighted by molar-refractivity contribution is 6.18. The molecule has 212 valence electrons. The summed E-state index contributed by atoms with van der Waals surface area (Å²) < 4.78 is 15.8. The first kappa shape index (κ1) is 32.2. The minimum Gasteiger partial charge on any atom is -0.490 e. The van der Waals surface area contributed by atoms with Gasteiger partial charge in [-0.05, 0) is 30.9 Å². The number of esters is 1. The van der Waals surface area contributed by atoms with Crippen molar-refractivity contribution in [1.29, 1.82) is 0 Å². The van der Waals surface area contributed by atoms with Crippen molar-refractivity contribution < 1.29 is 28.6 Å². The Balaban J connectivity index is 0.000000281. The minimum absolute atomic E-state index is 0.0293. The molecule has 3 aromatic carbocycles. The summed E-state index contributed by atoms with van der Waals surface area (Å²) in [5.74, 6) is -0.784. The van der Waals surface area contributed by atoms with Gasteiger partial charge in [-0.25, -0.2) is 4.79 Å². The lowest BCUT2D eigenvalue weighted by Crippen LogP contribution is -2.32. The zero-order valence-corrected chi connectivity index (χ0v) is 23.9. The number of carbonyl (C=O) groups excluding carboxylic acids is 3. The molecule has 0 bridgehead atoms. The molecule has 0 radical (unpaired) electrons. The van der Waals surface area contributed by atoms with Crippen LogP contribution in [0.3, 0.4) is 0 Å². The highest BCUT2D eigenvalue weighted by Gasteiger charge is 2.28. The summed E-state index contributed by atoms with van der Waals surface area (Å²) in [4.78, 5) is 36.7. The van der Waals surface area contributed by atoms with E-state index in [1.807, 2.05) is 49.4 Å². The van der Waals surface area contributed by atoms with Crippen molar-refractivity contribution in [2.24, 2.45) is 0 Å². The highest BCUT2D eigenvalue weighted by Crippen LogP contribution is 2.15. The number of Topliss-reactive ketones (excluding diaryl/α,β-unsaturated/α-hetero) is 2. The molecule has 0 N–H and O–H groups in total. The molecule has 0 aliphatic rings. The second-order valence-electron chi connectivity index (χ2n) is 9.13. The molecule has 0 heterocycles. The lowest BCUT2D eigenvalue weighted by Gasteiger charge is -2.16. The fraction of sp³-hybridized carbons (Fsp3) is 0.324. The van der Waals surface area contributed by atoms with Crippen molar-refractivity contribution in [3.63, 3.8) is 0 Å². The smallest absolute Gasteiger partial charge is 0.373 e. The number of hydrogen-bond acceptors (Lipinski definition) is 6. The number of hydrogen-bond donors (Lipinski definition) is 0. The molecule has 6 nitrogen and oxygen atoms in total. The van der Waals surface area contributed by atoms with Crippen molar-refractivity contribution in [1.82, 2.24) is 0 Å². The largest absolute Gasteiger partial charge is 0.490 e. The number of benzene rings is 3. The van der Waals surface area contributed by atoms with E-state index in [2.05, 4.69) is 6.92 Å². The Bertz CT molecular complexity index is 1140. The highest BCUT2D eigenvalue weighted by atomic mass is 16.6. The van der Waals surface area contributed by atoms with Crippen LogP contribution in [0.2, 0.25) is 0 Å². The summed E-state index contributed by atoms with van der Waals surface area (Å²) >= 11 is 0. The van der Waals surface area contributed by atoms with Gasteiger partial charge in [0.05, 0.1) is 7.11 Å². The average Bonchev–Trinajstić information content (AvgIpc) is 3.01. The molecule has 0 spiro atoms. The first-order valence-electron chi connectivity index (χ1n) is 13.7. The molecular formula is C34H40O6. The summed E-state index contributed by atoms with van der Waals surface area (Å²) in [6, 6.07) is 27.0. The average molecular weight is 545 g/mol. The van der Waals surface area contributed by atoms with Gasteiger partial charge in [0.15, 0.2) is 17.7 Å². The summed E-state index contributed by atoms with van der Waals surface area (Å²) in [7, 11) is 2.86. The van der Waals surface area contributed by atoms with Gasteiger partial charge in [-0.2, -0.15) is 0 Å². The number of unbranched alkanes of at least 4 members (excludes halogenated alkanes) is 2. The van der Waals surface area contributed by atoms with E-state index in [0.717, 1.165) is 24.8 Å². The summed E-state index contributed by atoms with van der Waals surface area (Å²) in [5, 5.41) is 0. The van der Waals surface area contributed by atoms with Crippen LogP contribution in [-0.4, -0.2) is 44.0 Å². The van der Waals surface area contributed by atoms with E-state index in [9.17, 15) is 14.4 Å². The maximum atomic E-state index is 12.2. The van der Waals surface area contributed by atoms with Gasteiger partial charge in [-0.15, -0.1) is 0 Å². The molecule has 0 fully saturated rings. The quantitative estimate of drug-likeness (QED) is 0.0527. The predicted octanol–water partition coefficient (Wildman–Crippen LogP) is 7.34. The minimum atomic E-state index is -1.09. The second-order valence-corrected chi connectivity index (χ2v) is 9.13. The van der Waals surface area contributed by atoms with Gasteiger partial charge < -0.3 is 14.2 Å². The van der Waals surface area contributed by atoms with Crippen LogP contribution in [0.15, 0.2) is 96.8 Å². The van der Waals surface area contributed by atoms with E-state index in [4.69, 9.17) is 14.2 Å². The third-order valence-electron chi connectivity index (χ3n) is 6.21. The van der Waals surface area contributed by atoms with Crippen LogP contribution in [-0.2, 0) is 19.0 Å². The molecule has 1 atom stereocenters. The van der Waals surface area contributed by atoms with Crippen LogP contribution in [0.4, 0.5) is 0 Å². The summed E-state index contributed by atoms with van der Waals surface area (Å²) in [6.45, 7) is 4.20. The van der Waals surface area contributed by atoms with E-state index < -0.39 is 6.10 Å². The number of ether oxygens (including phenoxy) is 3. The number of methoxy groups -OCH3 is 2. The SMILES string of the molecule is CCCCCC(CC)OC(=O)C(=Cc1ccccc1)OC.COC(C(=O)c1ccccc1)C(=O)c1ccccc1. The molecule has 6 heteroatoms. The van der Waals surface area contributed by atoms with Crippen LogP contribution in [0.5, 0.6) is 0 Å². The number of ketones is 2.